The lowest BCUT2D eigenvalue weighted by molar-refractivity contribution is 1.09. The molecule has 9 rings (SSSR count). The molecule has 0 aliphatic heterocycles. The Morgan fingerprint density at radius 1 is 0.475 bits per heavy atom. The Balaban J connectivity index is 1.48. The monoisotopic (exact) mass is 510 g/mol. The summed E-state index contributed by atoms with van der Waals surface area (Å²) >= 11 is 0. The van der Waals surface area contributed by atoms with Crippen LogP contribution in [0.3, 0.4) is 0 Å². The highest BCUT2D eigenvalue weighted by Crippen LogP contribution is 2.40. The van der Waals surface area contributed by atoms with Crippen molar-refractivity contribution in [3.8, 4) is 17.1 Å². The number of para-hydroxylation sites is 2. The number of hydrogen-bond acceptors (Lipinski definition) is 2. The van der Waals surface area contributed by atoms with Crippen molar-refractivity contribution in [3.63, 3.8) is 0 Å². The smallest absolute Gasteiger partial charge is 0.138 e. The predicted octanol–water partition coefficient (Wildman–Crippen LogP) is 8.95. The van der Waals surface area contributed by atoms with Crippen molar-refractivity contribution < 1.29 is 0 Å². The summed E-state index contributed by atoms with van der Waals surface area (Å²) in [5, 5.41) is 7.44. The molecule has 9 aromatic rings. The van der Waals surface area contributed by atoms with E-state index in [1.807, 2.05) is 12.3 Å². The number of aromatic nitrogens is 4. The van der Waals surface area contributed by atoms with Gasteiger partial charge in [-0.25, -0.2) is 4.98 Å². The molecule has 0 spiro atoms. The molecule has 4 nitrogen and oxygen atoms in total. The van der Waals surface area contributed by atoms with Gasteiger partial charge in [0.15, 0.2) is 0 Å². The standard InChI is InChI=1S/C36H22N4/c1-2-12-26-24(10-1)25-11-3-5-15-31(25)39-33-19-18-28-27-13-4-6-16-32(27)40(36(28)29(33)21-34(26)39)35-17-7-14-30(38-35)23-9-8-20-37-22-23/h1-22H. The third kappa shape index (κ3) is 2.85. The topological polar surface area (TPSA) is 35.1 Å². The van der Waals surface area contributed by atoms with Crippen molar-refractivity contribution in [2.75, 3.05) is 0 Å². The number of rotatable bonds is 2. The highest BCUT2D eigenvalue weighted by Gasteiger charge is 2.19. The molecule has 0 saturated heterocycles. The van der Waals surface area contributed by atoms with E-state index in [2.05, 4.69) is 129 Å². The van der Waals surface area contributed by atoms with Gasteiger partial charge in [-0.2, -0.15) is 0 Å². The third-order valence-electron chi connectivity index (χ3n) is 8.17. The Hall–Kier alpha value is -5.48. The summed E-state index contributed by atoms with van der Waals surface area (Å²) in [5.74, 6) is 0.894. The van der Waals surface area contributed by atoms with Crippen LogP contribution in [0.15, 0.2) is 134 Å². The largest absolute Gasteiger partial charge is 0.309 e. The Morgan fingerprint density at radius 3 is 1.98 bits per heavy atom. The maximum absolute atomic E-state index is 5.16. The van der Waals surface area contributed by atoms with E-state index in [-0.39, 0.29) is 0 Å². The summed E-state index contributed by atoms with van der Waals surface area (Å²) in [6.45, 7) is 0. The Bertz CT molecular complexity index is 2430. The molecule has 0 fully saturated rings. The molecule has 0 atom stereocenters. The molecule has 0 unspecified atom stereocenters. The van der Waals surface area contributed by atoms with E-state index in [0.29, 0.717) is 0 Å². The quantitative estimate of drug-likeness (QED) is 0.218. The summed E-state index contributed by atoms with van der Waals surface area (Å²) in [6, 6.07) is 43.3. The normalized spacial score (nSPS) is 12.0. The SMILES string of the molecule is c1cncc(-c2cccc(-n3c4ccccc4c4ccc5c(cc6c7ccccc7c7ccccc7n65)c43)n2)c1. The van der Waals surface area contributed by atoms with Gasteiger partial charge in [0.2, 0.25) is 0 Å². The number of nitrogens with zero attached hydrogens (tertiary/aromatic N) is 4. The van der Waals surface area contributed by atoms with Gasteiger partial charge in [0, 0.05) is 44.9 Å². The molecular formula is C36H22N4. The minimum atomic E-state index is 0.894. The summed E-state index contributed by atoms with van der Waals surface area (Å²) in [4.78, 5) is 9.48. The van der Waals surface area contributed by atoms with Gasteiger partial charge < -0.3 is 4.40 Å². The number of fused-ring (bicyclic) bond motifs is 12. The van der Waals surface area contributed by atoms with Crippen molar-refractivity contribution in [2.24, 2.45) is 0 Å². The second-order valence-electron chi connectivity index (χ2n) is 10.3. The highest BCUT2D eigenvalue weighted by atomic mass is 15.1. The van der Waals surface area contributed by atoms with Crippen LogP contribution in [0.25, 0.3) is 77.0 Å². The van der Waals surface area contributed by atoms with Crippen molar-refractivity contribution in [1.82, 2.24) is 18.9 Å². The number of hydrogen-bond donors (Lipinski definition) is 0. The van der Waals surface area contributed by atoms with Gasteiger partial charge in [-0.1, -0.05) is 72.8 Å². The van der Waals surface area contributed by atoms with Crippen molar-refractivity contribution >= 4 is 59.9 Å². The fourth-order valence-electron chi connectivity index (χ4n) is 6.50. The molecular weight excluding hydrogens is 488 g/mol. The summed E-state index contributed by atoms with van der Waals surface area (Å²) in [6.07, 6.45) is 3.66. The molecule has 4 aromatic carbocycles. The van der Waals surface area contributed by atoms with Gasteiger partial charge >= 0.3 is 0 Å². The minimum absolute atomic E-state index is 0.894. The fraction of sp³-hybridized carbons (Fsp3) is 0. The van der Waals surface area contributed by atoms with Crippen molar-refractivity contribution in [1.29, 1.82) is 0 Å². The van der Waals surface area contributed by atoms with Crippen LogP contribution in [0, 0.1) is 0 Å². The van der Waals surface area contributed by atoms with Crippen LogP contribution in [0.5, 0.6) is 0 Å². The lowest BCUT2D eigenvalue weighted by atomic mass is 10.1. The van der Waals surface area contributed by atoms with E-state index in [1.165, 1.54) is 54.4 Å². The van der Waals surface area contributed by atoms with Crippen LogP contribution in [-0.4, -0.2) is 18.9 Å². The number of pyridine rings is 3. The average molecular weight is 511 g/mol. The second-order valence-corrected chi connectivity index (χ2v) is 10.3. The molecule has 5 heterocycles. The Labute approximate surface area is 229 Å². The molecule has 0 saturated carbocycles. The first-order valence-corrected chi connectivity index (χ1v) is 13.5. The minimum Gasteiger partial charge on any atom is -0.309 e. The lowest BCUT2D eigenvalue weighted by Crippen LogP contribution is -1.99. The van der Waals surface area contributed by atoms with Gasteiger partial charge in [-0.3, -0.25) is 9.55 Å². The van der Waals surface area contributed by atoms with Crippen LogP contribution < -0.4 is 0 Å². The molecule has 0 amide bonds. The third-order valence-corrected chi connectivity index (χ3v) is 8.17. The van der Waals surface area contributed by atoms with Gasteiger partial charge in [0.05, 0.1) is 33.3 Å². The molecule has 186 valence electrons. The maximum atomic E-state index is 5.16. The van der Waals surface area contributed by atoms with E-state index in [4.69, 9.17) is 4.98 Å². The lowest BCUT2D eigenvalue weighted by Gasteiger charge is -2.10. The summed E-state index contributed by atoms with van der Waals surface area (Å²) in [5.41, 5.74) is 7.84. The fourth-order valence-corrected chi connectivity index (χ4v) is 6.50. The Morgan fingerprint density at radius 2 is 1.18 bits per heavy atom. The molecule has 0 radical (unpaired) electrons. The predicted molar refractivity (Wildman–Crippen MR) is 165 cm³/mol. The zero-order chi connectivity index (χ0) is 26.2. The molecule has 40 heavy (non-hydrogen) atoms. The molecule has 5 aromatic heterocycles. The van der Waals surface area contributed by atoms with Crippen LogP contribution in [0.2, 0.25) is 0 Å². The molecule has 0 N–H and O–H groups in total. The van der Waals surface area contributed by atoms with Crippen molar-refractivity contribution in [2.45, 2.75) is 0 Å². The van der Waals surface area contributed by atoms with E-state index in [0.717, 1.165) is 22.6 Å². The molecule has 0 aliphatic carbocycles. The zero-order valence-electron chi connectivity index (χ0n) is 21.5. The van der Waals surface area contributed by atoms with E-state index >= 15 is 0 Å². The maximum Gasteiger partial charge on any atom is 0.138 e. The van der Waals surface area contributed by atoms with Crippen LogP contribution >= 0.6 is 0 Å². The molecule has 0 aliphatic rings. The highest BCUT2D eigenvalue weighted by molar-refractivity contribution is 6.22. The van der Waals surface area contributed by atoms with Crippen LogP contribution in [0.4, 0.5) is 0 Å². The van der Waals surface area contributed by atoms with Crippen LogP contribution in [0.1, 0.15) is 0 Å². The zero-order valence-corrected chi connectivity index (χ0v) is 21.5. The van der Waals surface area contributed by atoms with Crippen LogP contribution in [-0.2, 0) is 0 Å². The first-order valence-electron chi connectivity index (χ1n) is 13.5. The average Bonchev–Trinajstić information content (AvgIpc) is 3.59. The van der Waals surface area contributed by atoms with E-state index < -0.39 is 0 Å². The first-order chi connectivity index (χ1) is 19.9. The summed E-state index contributed by atoms with van der Waals surface area (Å²) in [7, 11) is 0. The summed E-state index contributed by atoms with van der Waals surface area (Å²) < 4.78 is 4.75. The van der Waals surface area contributed by atoms with Gasteiger partial charge in [0.1, 0.15) is 5.82 Å². The Kier molecular flexibility index (Phi) is 4.30. The molecule has 0 bridgehead atoms. The first kappa shape index (κ1) is 21.5. The van der Waals surface area contributed by atoms with Gasteiger partial charge in [0.25, 0.3) is 0 Å². The van der Waals surface area contributed by atoms with Gasteiger partial charge in [-0.15, -0.1) is 0 Å². The van der Waals surface area contributed by atoms with E-state index in [9.17, 15) is 0 Å². The number of benzene rings is 4. The molecule has 4 heteroatoms. The van der Waals surface area contributed by atoms with E-state index in [1.54, 1.807) is 6.20 Å². The van der Waals surface area contributed by atoms with Crippen molar-refractivity contribution in [3.05, 3.63) is 134 Å². The van der Waals surface area contributed by atoms with Gasteiger partial charge in [-0.05, 0) is 53.9 Å². The second kappa shape index (κ2) is 8.01.